The third-order valence-corrected chi connectivity index (χ3v) is 5.04. The van der Waals surface area contributed by atoms with E-state index in [9.17, 15) is 9.59 Å². The second-order valence-corrected chi connectivity index (χ2v) is 7.49. The molecule has 0 bridgehead atoms. The van der Waals surface area contributed by atoms with Crippen LogP contribution in [0.2, 0.25) is 10.0 Å². The molecule has 2 amide bonds. The molecule has 0 spiro atoms. The maximum absolute atomic E-state index is 12.8. The largest absolute Gasteiger partial charge is 0.349 e. The van der Waals surface area contributed by atoms with Crippen LogP contribution in [-0.4, -0.2) is 65.1 Å². The highest BCUT2D eigenvalue weighted by atomic mass is 35.5. The highest BCUT2D eigenvalue weighted by molar-refractivity contribution is 6.42. The van der Waals surface area contributed by atoms with E-state index in [1.165, 1.54) is 0 Å². The summed E-state index contributed by atoms with van der Waals surface area (Å²) in [5.74, 6) is -0.435. The van der Waals surface area contributed by atoms with Crippen molar-refractivity contribution in [1.29, 1.82) is 0 Å². The van der Waals surface area contributed by atoms with Crippen LogP contribution < -0.4 is 5.32 Å². The van der Waals surface area contributed by atoms with E-state index in [1.54, 1.807) is 27.8 Å². The van der Waals surface area contributed by atoms with Gasteiger partial charge >= 0.3 is 0 Å². The van der Waals surface area contributed by atoms with Crippen LogP contribution in [0.25, 0.3) is 0 Å². The van der Waals surface area contributed by atoms with Gasteiger partial charge in [-0.05, 0) is 31.8 Å². The summed E-state index contributed by atoms with van der Waals surface area (Å²) in [4.78, 5) is 28.7. The topological polar surface area (TPSA) is 70.5 Å². The average Bonchev–Trinajstić information content (AvgIpc) is 3.05. The lowest BCUT2D eigenvalue weighted by molar-refractivity contribution is 0.0683. The van der Waals surface area contributed by atoms with Gasteiger partial charge in [-0.25, -0.2) is 0 Å². The predicted molar refractivity (Wildman–Crippen MR) is 104 cm³/mol. The molecule has 0 aliphatic carbocycles. The SMILES string of the molecule is CN(C)CCNC(=O)c1cc2n(n1)CCN(Cc1ccc(Cl)c(Cl)c1)C2=O. The van der Waals surface area contributed by atoms with E-state index in [0.717, 1.165) is 12.1 Å². The second-order valence-electron chi connectivity index (χ2n) is 6.67. The standard InChI is InChI=1S/C18H21Cl2N5O2/c1-23(2)6-5-21-17(26)15-10-16-18(27)24(7-8-25(16)22-15)11-12-3-4-13(19)14(20)9-12/h3-4,9-10H,5-8,11H2,1-2H3,(H,21,26). The zero-order chi connectivity index (χ0) is 19.6. The van der Waals surface area contributed by atoms with E-state index < -0.39 is 0 Å². The Hall–Kier alpha value is -2.09. The van der Waals surface area contributed by atoms with E-state index >= 15 is 0 Å². The second kappa shape index (κ2) is 8.29. The number of nitrogens with one attached hydrogen (secondary N) is 1. The summed E-state index contributed by atoms with van der Waals surface area (Å²) in [5.41, 5.74) is 1.57. The van der Waals surface area contributed by atoms with Crippen molar-refractivity contribution in [2.45, 2.75) is 13.1 Å². The van der Waals surface area contributed by atoms with Crippen LogP contribution in [0.15, 0.2) is 24.3 Å². The Balaban J connectivity index is 1.69. The molecule has 0 unspecified atom stereocenters. The maximum Gasteiger partial charge on any atom is 0.272 e. The number of nitrogens with zero attached hydrogens (tertiary/aromatic N) is 4. The molecule has 1 N–H and O–H groups in total. The number of aromatic nitrogens is 2. The number of carbonyl (C=O) groups is 2. The Morgan fingerprint density at radius 2 is 2.00 bits per heavy atom. The molecule has 1 aliphatic heterocycles. The number of halogens is 2. The van der Waals surface area contributed by atoms with Crippen LogP contribution in [0, 0.1) is 0 Å². The van der Waals surface area contributed by atoms with Crippen LogP contribution in [0.1, 0.15) is 26.5 Å². The summed E-state index contributed by atoms with van der Waals surface area (Å²) < 4.78 is 1.59. The molecule has 144 valence electrons. The molecule has 1 aromatic carbocycles. The Bertz CT molecular complexity index is 865. The van der Waals surface area contributed by atoms with Crippen molar-refractivity contribution in [3.05, 3.63) is 51.3 Å². The number of fused-ring (bicyclic) bond motifs is 1. The highest BCUT2D eigenvalue weighted by Crippen LogP contribution is 2.24. The highest BCUT2D eigenvalue weighted by Gasteiger charge is 2.28. The van der Waals surface area contributed by atoms with Crippen molar-refractivity contribution in [3.8, 4) is 0 Å². The quantitative estimate of drug-likeness (QED) is 0.793. The fourth-order valence-electron chi connectivity index (χ4n) is 2.84. The van der Waals surface area contributed by atoms with Gasteiger partial charge in [0.15, 0.2) is 5.69 Å². The summed E-state index contributed by atoms with van der Waals surface area (Å²) in [6.07, 6.45) is 0. The molecule has 0 saturated carbocycles. The Morgan fingerprint density at radius 3 is 2.70 bits per heavy atom. The Kier molecular flexibility index (Phi) is 6.04. The van der Waals surface area contributed by atoms with Crippen LogP contribution in [0.3, 0.4) is 0 Å². The van der Waals surface area contributed by atoms with Gasteiger partial charge in [0.25, 0.3) is 11.8 Å². The molecule has 0 saturated heterocycles. The molecule has 2 heterocycles. The molecule has 0 atom stereocenters. The summed E-state index contributed by atoms with van der Waals surface area (Å²) in [5, 5.41) is 8.02. The maximum atomic E-state index is 12.8. The molecule has 0 radical (unpaired) electrons. The zero-order valence-corrected chi connectivity index (χ0v) is 16.7. The third kappa shape index (κ3) is 4.61. The Labute approximate surface area is 167 Å². The van der Waals surface area contributed by atoms with Crippen molar-refractivity contribution in [2.75, 3.05) is 33.7 Å². The molecule has 1 aliphatic rings. The summed E-state index contributed by atoms with van der Waals surface area (Å²) >= 11 is 12.0. The van der Waals surface area contributed by atoms with E-state index in [-0.39, 0.29) is 17.5 Å². The van der Waals surface area contributed by atoms with E-state index in [4.69, 9.17) is 23.2 Å². The van der Waals surface area contributed by atoms with Gasteiger partial charge in [0.05, 0.1) is 16.6 Å². The lowest BCUT2D eigenvalue weighted by Gasteiger charge is -2.27. The fourth-order valence-corrected chi connectivity index (χ4v) is 3.16. The molecule has 9 heteroatoms. The van der Waals surface area contributed by atoms with Gasteiger partial charge in [0, 0.05) is 32.2 Å². The van der Waals surface area contributed by atoms with Crippen molar-refractivity contribution >= 4 is 35.0 Å². The number of benzene rings is 1. The van der Waals surface area contributed by atoms with Crippen LogP contribution in [0.5, 0.6) is 0 Å². The lowest BCUT2D eigenvalue weighted by Crippen LogP contribution is -2.39. The Morgan fingerprint density at radius 1 is 1.22 bits per heavy atom. The van der Waals surface area contributed by atoms with Crippen molar-refractivity contribution in [1.82, 2.24) is 24.9 Å². The van der Waals surface area contributed by atoms with Crippen LogP contribution >= 0.6 is 23.2 Å². The first-order valence-corrected chi connectivity index (χ1v) is 9.34. The first-order valence-electron chi connectivity index (χ1n) is 8.59. The summed E-state index contributed by atoms with van der Waals surface area (Å²) in [6, 6.07) is 6.87. The van der Waals surface area contributed by atoms with Crippen LogP contribution in [0.4, 0.5) is 0 Å². The number of rotatable bonds is 6. The third-order valence-electron chi connectivity index (χ3n) is 4.30. The van der Waals surface area contributed by atoms with Gasteiger partial charge in [-0.3, -0.25) is 14.3 Å². The van der Waals surface area contributed by atoms with Gasteiger partial charge < -0.3 is 15.1 Å². The first-order chi connectivity index (χ1) is 12.8. The minimum absolute atomic E-state index is 0.160. The molecular formula is C18H21Cl2N5O2. The van der Waals surface area contributed by atoms with Crippen LogP contribution in [-0.2, 0) is 13.1 Å². The normalized spacial score (nSPS) is 13.8. The van der Waals surface area contributed by atoms with Gasteiger partial charge in [-0.2, -0.15) is 5.10 Å². The number of amides is 2. The molecular weight excluding hydrogens is 389 g/mol. The van der Waals surface area contributed by atoms with Crippen molar-refractivity contribution in [2.24, 2.45) is 0 Å². The molecule has 3 rings (SSSR count). The number of carbonyl (C=O) groups excluding carboxylic acids is 2. The first kappa shape index (κ1) is 19.7. The van der Waals surface area contributed by atoms with Crippen molar-refractivity contribution in [3.63, 3.8) is 0 Å². The smallest absolute Gasteiger partial charge is 0.272 e. The van der Waals surface area contributed by atoms with E-state index in [2.05, 4.69) is 10.4 Å². The zero-order valence-electron chi connectivity index (χ0n) is 15.2. The van der Waals surface area contributed by atoms with Gasteiger partial charge in [0.2, 0.25) is 0 Å². The minimum Gasteiger partial charge on any atom is -0.349 e. The van der Waals surface area contributed by atoms with Gasteiger partial charge in [-0.15, -0.1) is 0 Å². The lowest BCUT2D eigenvalue weighted by atomic mass is 10.2. The fraction of sp³-hybridized carbons (Fsp3) is 0.389. The monoisotopic (exact) mass is 409 g/mol. The van der Waals surface area contributed by atoms with E-state index in [1.807, 2.05) is 25.1 Å². The minimum atomic E-state index is -0.275. The molecule has 2 aromatic rings. The molecule has 0 fully saturated rings. The number of hydrogen-bond donors (Lipinski definition) is 1. The van der Waals surface area contributed by atoms with Crippen molar-refractivity contribution < 1.29 is 9.59 Å². The van der Waals surface area contributed by atoms with Gasteiger partial charge in [0.1, 0.15) is 5.69 Å². The van der Waals surface area contributed by atoms with E-state index in [0.29, 0.717) is 41.9 Å². The predicted octanol–water partition coefficient (Wildman–Crippen LogP) is 2.14. The number of likely N-dealkylation sites (N-methyl/N-ethyl adjacent to an activating group) is 1. The molecule has 1 aromatic heterocycles. The molecule has 27 heavy (non-hydrogen) atoms. The summed E-state index contributed by atoms with van der Waals surface area (Å²) in [6.45, 7) is 2.72. The summed E-state index contributed by atoms with van der Waals surface area (Å²) in [7, 11) is 3.87. The molecule has 7 nitrogen and oxygen atoms in total. The van der Waals surface area contributed by atoms with Gasteiger partial charge in [-0.1, -0.05) is 29.3 Å². The average molecular weight is 410 g/mol. The number of hydrogen-bond acceptors (Lipinski definition) is 4.